The molecule has 0 amide bonds. The average Bonchev–Trinajstić information content (AvgIpc) is 2.81. The van der Waals surface area contributed by atoms with E-state index in [1.54, 1.807) is 11.3 Å². The molecule has 96 valence electrons. The number of nitrogens with zero attached hydrogens (tertiary/aromatic N) is 2. The maximum absolute atomic E-state index is 4.17. The monoisotopic (exact) mass is 253 g/mol. The fourth-order valence-electron chi connectivity index (χ4n) is 2.54. The number of nitrogens with one attached hydrogen (secondary N) is 1. The van der Waals surface area contributed by atoms with Crippen LogP contribution in [0.25, 0.3) is 0 Å². The molecule has 1 saturated heterocycles. The largest absolute Gasteiger partial charge is 0.311 e. The van der Waals surface area contributed by atoms with E-state index in [0.717, 1.165) is 25.6 Å². The molecule has 0 aliphatic carbocycles. The fraction of sp³-hybridized carbons (Fsp3) is 0.769. The molecule has 1 aromatic heterocycles. The standard InChI is InChI=1S/C13H23N3S/c1-4-10(2)13-6-15-11(3)7-16(13)8-12-5-14-9-17-12/h5,9-11,13,15H,4,6-8H2,1-3H3. The predicted octanol–water partition coefficient (Wildman–Crippen LogP) is 2.35. The van der Waals surface area contributed by atoms with Gasteiger partial charge in [-0.2, -0.15) is 0 Å². The van der Waals surface area contributed by atoms with Crippen molar-refractivity contribution in [1.82, 2.24) is 15.2 Å². The molecular formula is C13H23N3S. The number of piperazine rings is 1. The Kier molecular flexibility index (Phi) is 4.54. The second-order valence-electron chi connectivity index (χ2n) is 5.16. The van der Waals surface area contributed by atoms with E-state index in [-0.39, 0.29) is 0 Å². The van der Waals surface area contributed by atoms with Crippen molar-refractivity contribution in [2.24, 2.45) is 5.92 Å². The van der Waals surface area contributed by atoms with Gasteiger partial charge in [0.15, 0.2) is 0 Å². The second kappa shape index (κ2) is 5.94. The van der Waals surface area contributed by atoms with Crippen LogP contribution in [-0.4, -0.2) is 35.1 Å². The molecule has 0 spiro atoms. The zero-order chi connectivity index (χ0) is 12.3. The van der Waals surface area contributed by atoms with Gasteiger partial charge in [0.2, 0.25) is 0 Å². The minimum atomic E-state index is 0.600. The fourth-order valence-corrected chi connectivity index (χ4v) is 3.16. The Labute approximate surface area is 108 Å². The van der Waals surface area contributed by atoms with Crippen LogP contribution in [-0.2, 0) is 6.54 Å². The van der Waals surface area contributed by atoms with Crippen LogP contribution in [0.3, 0.4) is 0 Å². The molecule has 3 nitrogen and oxygen atoms in total. The first-order valence-electron chi connectivity index (χ1n) is 6.55. The molecule has 0 aromatic carbocycles. The van der Waals surface area contributed by atoms with E-state index in [2.05, 4.69) is 36.0 Å². The smallest absolute Gasteiger partial charge is 0.0794 e. The van der Waals surface area contributed by atoms with Crippen LogP contribution in [0.2, 0.25) is 0 Å². The van der Waals surface area contributed by atoms with Crippen LogP contribution in [0.1, 0.15) is 32.1 Å². The van der Waals surface area contributed by atoms with Crippen molar-refractivity contribution < 1.29 is 0 Å². The Morgan fingerprint density at radius 2 is 2.47 bits per heavy atom. The topological polar surface area (TPSA) is 28.2 Å². The highest BCUT2D eigenvalue weighted by Gasteiger charge is 2.29. The molecule has 1 aliphatic heterocycles. The van der Waals surface area contributed by atoms with Crippen molar-refractivity contribution in [3.8, 4) is 0 Å². The van der Waals surface area contributed by atoms with Gasteiger partial charge < -0.3 is 5.32 Å². The molecule has 17 heavy (non-hydrogen) atoms. The summed E-state index contributed by atoms with van der Waals surface area (Å²) >= 11 is 1.77. The predicted molar refractivity (Wildman–Crippen MR) is 73.2 cm³/mol. The van der Waals surface area contributed by atoms with Crippen molar-refractivity contribution in [1.29, 1.82) is 0 Å². The van der Waals surface area contributed by atoms with Crippen molar-refractivity contribution in [3.05, 3.63) is 16.6 Å². The van der Waals surface area contributed by atoms with Crippen LogP contribution in [0.15, 0.2) is 11.7 Å². The molecule has 1 aliphatic rings. The van der Waals surface area contributed by atoms with E-state index in [9.17, 15) is 0 Å². The van der Waals surface area contributed by atoms with Gasteiger partial charge in [-0.3, -0.25) is 9.88 Å². The molecule has 4 heteroatoms. The SMILES string of the molecule is CCC(C)C1CNC(C)CN1Cc1cncs1. The quantitative estimate of drug-likeness (QED) is 0.893. The molecule has 1 fully saturated rings. The summed E-state index contributed by atoms with van der Waals surface area (Å²) in [6, 6.07) is 1.27. The molecule has 2 heterocycles. The number of rotatable bonds is 4. The van der Waals surface area contributed by atoms with Gasteiger partial charge in [0.05, 0.1) is 5.51 Å². The van der Waals surface area contributed by atoms with E-state index >= 15 is 0 Å². The first-order valence-corrected chi connectivity index (χ1v) is 7.43. The first-order chi connectivity index (χ1) is 8.20. The zero-order valence-electron chi connectivity index (χ0n) is 11.0. The summed E-state index contributed by atoms with van der Waals surface area (Å²) in [6.07, 6.45) is 3.25. The van der Waals surface area contributed by atoms with Gasteiger partial charge in [-0.1, -0.05) is 20.3 Å². The van der Waals surface area contributed by atoms with E-state index in [4.69, 9.17) is 0 Å². The summed E-state index contributed by atoms with van der Waals surface area (Å²) in [5, 5.41) is 3.60. The Balaban J connectivity index is 2.03. The summed E-state index contributed by atoms with van der Waals surface area (Å²) < 4.78 is 0. The van der Waals surface area contributed by atoms with Crippen molar-refractivity contribution >= 4 is 11.3 Å². The van der Waals surface area contributed by atoms with E-state index in [0.29, 0.717) is 12.1 Å². The third-order valence-corrected chi connectivity index (χ3v) is 4.56. The van der Waals surface area contributed by atoms with Gasteiger partial charge in [-0.05, 0) is 12.8 Å². The molecule has 2 rings (SSSR count). The van der Waals surface area contributed by atoms with Crippen molar-refractivity contribution in [3.63, 3.8) is 0 Å². The van der Waals surface area contributed by atoms with Crippen molar-refractivity contribution in [2.75, 3.05) is 13.1 Å². The summed E-state index contributed by atoms with van der Waals surface area (Å²) in [4.78, 5) is 8.18. The maximum Gasteiger partial charge on any atom is 0.0794 e. The molecule has 0 saturated carbocycles. The summed E-state index contributed by atoms with van der Waals surface area (Å²) in [5.41, 5.74) is 1.93. The third kappa shape index (κ3) is 3.27. The van der Waals surface area contributed by atoms with Gasteiger partial charge >= 0.3 is 0 Å². The van der Waals surface area contributed by atoms with Crippen LogP contribution >= 0.6 is 11.3 Å². The third-order valence-electron chi connectivity index (χ3n) is 3.80. The molecule has 0 bridgehead atoms. The lowest BCUT2D eigenvalue weighted by atomic mass is 9.94. The minimum absolute atomic E-state index is 0.600. The van der Waals surface area contributed by atoms with Gasteiger partial charge in [0.25, 0.3) is 0 Å². The van der Waals surface area contributed by atoms with E-state index in [1.165, 1.54) is 11.3 Å². The Hall–Kier alpha value is -0.450. The number of thiazole rings is 1. The highest BCUT2D eigenvalue weighted by Crippen LogP contribution is 2.21. The van der Waals surface area contributed by atoms with Gasteiger partial charge in [-0.15, -0.1) is 11.3 Å². The lowest BCUT2D eigenvalue weighted by molar-refractivity contribution is 0.0895. The Morgan fingerprint density at radius 1 is 1.65 bits per heavy atom. The summed E-state index contributed by atoms with van der Waals surface area (Å²) in [7, 11) is 0. The number of hydrogen-bond acceptors (Lipinski definition) is 4. The molecule has 3 atom stereocenters. The normalized spacial score (nSPS) is 28.2. The maximum atomic E-state index is 4.17. The van der Waals surface area contributed by atoms with Gasteiger partial charge in [0, 0.05) is 42.8 Å². The van der Waals surface area contributed by atoms with Crippen LogP contribution in [0.5, 0.6) is 0 Å². The zero-order valence-corrected chi connectivity index (χ0v) is 11.8. The van der Waals surface area contributed by atoms with E-state index < -0.39 is 0 Å². The summed E-state index contributed by atoms with van der Waals surface area (Å²) in [5.74, 6) is 0.753. The molecular weight excluding hydrogens is 230 g/mol. The lowest BCUT2D eigenvalue weighted by Gasteiger charge is -2.42. The average molecular weight is 253 g/mol. The van der Waals surface area contributed by atoms with E-state index in [1.807, 2.05) is 11.7 Å². The highest BCUT2D eigenvalue weighted by molar-refractivity contribution is 7.09. The minimum Gasteiger partial charge on any atom is -0.311 e. The summed E-state index contributed by atoms with van der Waals surface area (Å²) in [6.45, 7) is 10.2. The Bertz CT molecular complexity index is 325. The first kappa shape index (κ1) is 13.0. The second-order valence-corrected chi connectivity index (χ2v) is 6.13. The van der Waals surface area contributed by atoms with Crippen LogP contribution in [0, 0.1) is 5.92 Å². The number of hydrogen-bond donors (Lipinski definition) is 1. The molecule has 1 N–H and O–H groups in total. The molecule has 0 radical (unpaired) electrons. The van der Waals surface area contributed by atoms with Gasteiger partial charge in [-0.25, -0.2) is 0 Å². The van der Waals surface area contributed by atoms with Gasteiger partial charge in [0.1, 0.15) is 0 Å². The van der Waals surface area contributed by atoms with Crippen LogP contribution < -0.4 is 5.32 Å². The number of aromatic nitrogens is 1. The van der Waals surface area contributed by atoms with Crippen molar-refractivity contribution in [2.45, 2.75) is 45.8 Å². The highest BCUT2D eigenvalue weighted by atomic mass is 32.1. The van der Waals surface area contributed by atoms with Crippen LogP contribution in [0.4, 0.5) is 0 Å². The molecule has 1 aromatic rings. The lowest BCUT2D eigenvalue weighted by Crippen LogP contribution is -2.57. The molecule has 3 unspecified atom stereocenters. The Morgan fingerprint density at radius 3 is 3.12 bits per heavy atom.